The van der Waals surface area contributed by atoms with Crippen molar-refractivity contribution >= 4 is 12.1 Å². The van der Waals surface area contributed by atoms with E-state index in [1.54, 1.807) is 0 Å². The highest BCUT2D eigenvalue weighted by Gasteiger charge is 2.82. The van der Waals surface area contributed by atoms with Gasteiger partial charge in [-0.15, -0.1) is 0 Å². The van der Waals surface area contributed by atoms with E-state index in [9.17, 15) is 9.59 Å². The van der Waals surface area contributed by atoms with E-state index in [0.717, 1.165) is 37.4 Å². The van der Waals surface area contributed by atoms with Crippen molar-refractivity contribution < 1.29 is 9.59 Å². The molecule has 0 aromatic carbocycles. The van der Waals surface area contributed by atoms with Crippen LogP contribution in [0.3, 0.4) is 0 Å². The number of fused-ring (bicyclic) bond motifs is 2. The quantitative estimate of drug-likeness (QED) is 0.499. The lowest BCUT2D eigenvalue weighted by Crippen LogP contribution is -2.57. The molecule has 5 saturated carbocycles. The Bertz CT molecular complexity index is 739. The Kier molecular flexibility index (Phi) is 4.17. The van der Waals surface area contributed by atoms with E-state index in [2.05, 4.69) is 34.6 Å². The molecular formula is C27H42O2. The molecule has 0 bridgehead atoms. The fraction of sp³-hybridized carbons (Fsp3) is 0.926. The molecule has 2 heteroatoms. The summed E-state index contributed by atoms with van der Waals surface area (Å²) in [5.41, 5.74) is 1.81. The van der Waals surface area contributed by atoms with E-state index in [4.69, 9.17) is 0 Å². The van der Waals surface area contributed by atoms with Crippen LogP contribution in [0.4, 0.5) is 0 Å². The summed E-state index contributed by atoms with van der Waals surface area (Å²) < 4.78 is 0. The fourth-order valence-electron chi connectivity index (χ4n) is 10.7. The highest BCUT2D eigenvalue weighted by atomic mass is 16.1. The Morgan fingerprint density at radius 1 is 0.931 bits per heavy atom. The normalized spacial score (nSPS) is 53.3. The molecule has 5 fully saturated rings. The lowest BCUT2D eigenvalue weighted by molar-refractivity contribution is -0.157. The van der Waals surface area contributed by atoms with Crippen molar-refractivity contribution in [1.29, 1.82) is 0 Å². The SMILES string of the molecule is CC(CCC=O)C1CCC2(C)C3CCC4C(C)(C)C(=O)CCC45CC35CCC12C. The molecule has 29 heavy (non-hydrogen) atoms. The minimum atomic E-state index is -0.101. The van der Waals surface area contributed by atoms with Gasteiger partial charge in [0.05, 0.1) is 0 Å². The molecule has 2 nitrogen and oxygen atoms in total. The number of rotatable bonds is 4. The molecule has 0 aromatic rings. The van der Waals surface area contributed by atoms with Crippen LogP contribution in [0, 0.1) is 50.7 Å². The van der Waals surface area contributed by atoms with Gasteiger partial charge in [-0.25, -0.2) is 0 Å². The van der Waals surface area contributed by atoms with Gasteiger partial charge in [-0.2, -0.15) is 0 Å². The van der Waals surface area contributed by atoms with Gasteiger partial charge in [0.1, 0.15) is 12.1 Å². The third kappa shape index (κ3) is 2.20. The van der Waals surface area contributed by atoms with Crippen molar-refractivity contribution in [3.63, 3.8) is 0 Å². The fourth-order valence-corrected chi connectivity index (χ4v) is 10.7. The lowest BCUT2D eigenvalue weighted by Gasteiger charge is -2.62. The summed E-state index contributed by atoms with van der Waals surface area (Å²) in [6, 6.07) is 0. The summed E-state index contributed by atoms with van der Waals surface area (Å²) in [6.07, 6.45) is 14.5. The van der Waals surface area contributed by atoms with Crippen molar-refractivity contribution in [1.82, 2.24) is 0 Å². The maximum Gasteiger partial charge on any atom is 0.138 e. The average molecular weight is 399 g/mol. The van der Waals surface area contributed by atoms with E-state index >= 15 is 0 Å². The standard InChI is InChI=1S/C27H42O2/c1-18(7-6-16-28)19-10-12-25(5)21-9-8-20-23(2,3)22(29)11-13-26(20)17-27(21,26)15-14-24(19,25)4/h16,18-21H,6-15,17H2,1-5H3. The summed E-state index contributed by atoms with van der Waals surface area (Å²) in [5.74, 6) is 3.46. The van der Waals surface area contributed by atoms with E-state index < -0.39 is 0 Å². The summed E-state index contributed by atoms with van der Waals surface area (Å²) in [4.78, 5) is 23.7. The molecule has 0 heterocycles. The Labute approximate surface area is 178 Å². The number of ketones is 1. The maximum absolute atomic E-state index is 12.8. The summed E-state index contributed by atoms with van der Waals surface area (Å²) >= 11 is 0. The first kappa shape index (κ1) is 20.3. The van der Waals surface area contributed by atoms with E-state index in [-0.39, 0.29) is 5.41 Å². The average Bonchev–Trinajstić information content (AvgIpc) is 3.26. The van der Waals surface area contributed by atoms with Crippen molar-refractivity contribution in [3.05, 3.63) is 0 Å². The van der Waals surface area contributed by atoms with E-state index in [0.29, 0.717) is 39.3 Å². The molecule has 2 spiro atoms. The number of carbonyl (C=O) groups excluding carboxylic acids is 2. The first-order valence-corrected chi connectivity index (χ1v) is 12.6. The smallest absolute Gasteiger partial charge is 0.138 e. The second-order valence-electron chi connectivity index (χ2n) is 13.0. The van der Waals surface area contributed by atoms with Crippen LogP contribution < -0.4 is 0 Å². The van der Waals surface area contributed by atoms with Gasteiger partial charge in [-0.05, 0) is 103 Å². The number of Topliss-reactive ketones (excluding diaryl/α,β-unsaturated/α-hetero) is 1. The van der Waals surface area contributed by atoms with Crippen LogP contribution in [0.1, 0.15) is 105 Å². The molecule has 8 unspecified atom stereocenters. The van der Waals surface area contributed by atoms with Gasteiger partial charge in [0.2, 0.25) is 0 Å². The predicted molar refractivity (Wildman–Crippen MR) is 116 cm³/mol. The zero-order valence-corrected chi connectivity index (χ0v) is 19.5. The van der Waals surface area contributed by atoms with Crippen molar-refractivity contribution in [3.8, 4) is 0 Å². The monoisotopic (exact) mass is 398 g/mol. The molecule has 5 aliphatic carbocycles. The van der Waals surface area contributed by atoms with Crippen LogP contribution in [0.25, 0.3) is 0 Å². The second kappa shape index (κ2) is 5.98. The van der Waals surface area contributed by atoms with Crippen LogP contribution in [0.5, 0.6) is 0 Å². The number of aldehydes is 1. The molecular weight excluding hydrogens is 356 g/mol. The molecule has 5 rings (SSSR count). The second-order valence-corrected chi connectivity index (χ2v) is 13.0. The highest BCUT2D eigenvalue weighted by molar-refractivity contribution is 5.86. The first-order valence-electron chi connectivity index (χ1n) is 12.6. The highest BCUT2D eigenvalue weighted by Crippen LogP contribution is 2.88. The van der Waals surface area contributed by atoms with Crippen LogP contribution in [-0.4, -0.2) is 12.1 Å². The van der Waals surface area contributed by atoms with Gasteiger partial charge >= 0.3 is 0 Å². The topological polar surface area (TPSA) is 34.1 Å². The van der Waals surface area contributed by atoms with Gasteiger partial charge in [0.15, 0.2) is 0 Å². The van der Waals surface area contributed by atoms with Gasteiger partial charge in [0.25, 0.3) is 0 Å². The lowest BCUT2D eigenvalue weighted by atomic mass is 9.42. The minimum absolute atomic E-state index is 0.101. The van der Waals surface area contributed by atoms with Crippen molar-refractivity contribution in [2.24, 2.45) is 50.7 Å². The van der Waals surface area contributed by atoms with Gasteiger partial charge < -0.3 is 4.79 Å². The number of carbonyl (C=O) groups is 2. The first-order chi connectivity index (χ1) is 13.6. The predicted octanol–water partition coefficient (Wildman–Crippen LogP) is 6.61. The third-order valence-electron chi connectivity index (χ3n) is 12.3. The zero-order valence-electron chi connectivity index (χ0n) is 19.5. The van der Waals surface area contributed by atoms with Crippen LogP contribution in [0.15, 0.2) is 0 Å². The van der Waals surface area contributed by atoms with Crippen LogP contribution >= 0.6 is 0 Å². The molecule has 0 radical (unpaired) electrons. The molecule has 0 saturated heterocycles. The Morgan fingerprint density at radius 2 is 1.62 bits per heavy atom. The van der Waals surface area contributed by atoms with Crippen LogP contribution in [0.2, 0.25) is 0 Å². The van der Waals surface area contributed by atoms with Crippen molar-refractivity contribution in [2.45, 2.75) is 105 Å². The molecule has 0 aliphatic heterocycles. The summed E-state index contributed by atoms with van der Waals surface area (Å²) in [7, 11) is 0. The number of hydrogen-bond acceptors (Lipinski definition) is 2. The van der Waals surface area contributed by atoms with Gasteiger partial charge in [0, 0.05) is 18.3 Å². The summed E-state index contributed by atoms with van der Waals surface area (Å²) in [6.45, 7) is 12.2. The molecule has 0 N–H and O–H groups in total. The molecule has 0 amide bonds. The third-order valence-corrected chi connectivity index (χ3v) is 12.3. The maximum atomic E-state index is 12.8. The Hall–Kier alpha value is -0.660. The van der Waals surface area contributed by atoms with E-state index in [1.807, 2.05) is 0 Å². The largest absolute Gasteiger partial charge is 0.303 e. The van der Waals surface area contributed by atoms with Crippen LogP contribution in [-0.2, 0) is 9.59 Å². The Balaban J connectivity index is 1.47. The van der Waals surface area contributed by atoms with E-state index in [1.165, 1.54) is 51.4 Å². The van der Waals surface area contributed by atoms with Gasteiger partial charge in [-0.1, -0.05) is 34.6 Å². The minimum Gasteiger partial charge on any atom is -0.303 e. The molecule has 0 aromatic heterocycles. The zero-order chi connectivity index (χ0) is 20.9. The molecule has 162 valence electrons. The van der Waals surface area contributed by atoms with Gasteiger partial charge in [-0.3, -0.25) is 4.79 Å². The molecule has 5 aliphatic rings. The molecule has 8 atom stereocenters. The van der Waals surface area contributed by atoms with Crippen molar-refractivity contribution in [2.75, 3.05) is 0 Å². The Morgan fingerprint density at radius 3 is 2.34 bits per heavy atom. The summed E-state index contributed by atoms with van der Waals surface area (Å²) in [5, 5.41) is 0. The number of hydrogen-bond donors (Lipinski definition) is 0.